The van der Waals surface area contributed by atoms with Crippen LogP contribution >= 0.6 is 0 Å². The Morgan fingerprint density at radius 2 is 2.27 bits per heavy atom. The zero-order valence-corrected chi connectivity index (χ0v) is 8.81. The third kappa shape index (κ3) is 2.31. The van der Waals surface area contributed by atoms with Gasteiger partial charge in [-0.05, 0) is 6.42 Å². The molecular formula is C10H13N5. The summed E-state index contributed by atoms with van der Waals surface area (Å²) in [6.07, 6.45) is 6.13. The van der Waals surface area contributed by atoms with E-state index in [1.807, 2.05) is 19.3 Å². The third-order valence-electron chi connectivity index (χ3n) is 2.06. The molecule has 0 aliphatic rings. The highest BCUT2D eigenvalue weighted by Crippen LogP contribution is 2.12. The van der Waals surface area contributed by atoms with Crippen LogP contribution in [0.2, 0.25) is 0 Å². The predicted molar refractivity (Wildman–Crippen MR) is 57.9 cm³/mol. The molecule has 0 saturated carbocycles. The largest absolute Gasteiger partial charge is 0.338 e. The zero-order chi connectivity index (χ0) is 10.7. The highest BCUT2D eigenvalue weighted by molar-refractivity contribution is 5.53. The van der Waals surface area contributed by atoms with Gasteiger partial charge in [0.1, 0.15) is 12.1 Å². The van der Waals surface area contributed by atoms with Crippen molar-refractivity contribution < 1.29 is 0 Å². The van der Waals surface area contributed by atoms with Crippen LogP contribution in [0.5, 0.6) is 0 Å². The van der Waals surface area contributed by atoms with Gasteiger partial charge in [0.25, 0.3) is 0 Å². The van der Waals surface area contributed by atoms with E-state index in [-0.39, 0.29) is 0 Å². The Labute approximate surface area is 88.2 Å². The Bertz CT molecular complexity index is 449. The number of aryl methyl sites for hydroxylation is 2. The van der Waals surface area contributed by atoms with Crippen LogP contribution in [0.1, 0.15) is 12.6 Å². The Morgan fingerprint density at radius 1 is 1.40 bits per heavy atom. The summed E-state index contributed by atoms with van der Waals surface area (Å²) in [4.78, 5) is 8.27. The van der Waals surface area contributed by atoms with E-state index in [1.54, 1.807) is 17.2 Å². The van der Waals surface area contributed by atoms with Crippen LogP contribution in [0.4, 0.5) is 11.5 Å². The molecule has 0 radical (unpaired) electrons. The van der Waals surface area contributed by atoms with E-state index in [1.165, 1.54) is 0 Å². The average molecular weight is 203 g/mol. The monoisotopic (exact) mass is 203 g/mol. The van der Waals surface area contributed by atoms with Crippen LogP contribution in [-0.4, -0.2) is 19.7 Å². The summed E-state index contributed by atoms with van der Waals surface area (Å²) < 4.78 is 1.74. The molecule has 0 aliphatic carbocycles. The van der Waals surface area contributed by atoms with Crippen molar-refractivity contribution in [3.63, 3.8) is 0 Å². The lowest BCUT2D eigenvalue weighted by atomic mass is 10.3. The summed E-state index contributed by atoms with van der Waals surface area (Å²) in [6.45, 7) is 2.07. The first-order valence-corrected chi connectivity index (χ1v) is 4.84. The van der Waals surface area contributed by atoms with Crippen molar-refractivity contribution in [3.8, 4) is 0 Å². The van der Waals surface area contributed by atoms with Gasteiger partial charge >= 0.3 is 0 Å². The summed E-state index contributed by atoms with van der Waals surface area (Å²) in [5.74, 6) is 0.801. The standard InChI is InChI=1S/C10H13N5/c1-3-8-4-10(12-7-11-8)14-9-5-13-15(2)6-9/h4-7H,3H2,1-2H3,(H,11,12,14). The normalized spacial score (nSPS) is 10.3. The van der Waals surface area contributed by atoms with Crippen molar-refractivity contribution in [2.45, 2.75) is 13.3 Å². The van der Waals surface area contributed by atoms with Gasteiger partial charge in [0.15, 0.2) is 0 Å². The van der Waals surface area contributed by atoms with Gasteiger partial charge in [0, 0.05) is 25.0 Å². The lowest BCUT2D eigenvalue weighted by Crippen LogP contribution is -1.95. The molecule has 0 fully saturated rings. The number of nitrogens with zero attached hydrogens (tertiary/aromatic N) is 4. The minimum Gasteiger partial charge on any atom is -0.338 e. The lowest BCUT2D eigenvalue weighted by molar-refractivity contribution is 0.768. The van der Waals surface area contributed by atoms with Crippen LogP contribution in [0, 0.1) is 0 Å². The first-order valence-electron chi connectivity index (χ1n) is 4.84. The topological polar surface area (TPSA) is 55.6 Å². The van der Waals surface area contributed by atoms with Gasteiger partial charge in [0.2, 0.25) is 0 Å². The SMILES string of the molecule is CCc1cc(Nc2cnn(C)c2)ncn1. The molecule has 0 amide bonds. The molecule has 15 heavy (non-hydrogen) atoms. The molecular weight excluding hydrogens is 190 g/mol. The quantitative estimate of drug-likeness (QED) is 0.821. The summed E-state index contributed by atoms with van der Waals surface area (Å²) >= 11 is 0. The van der Waals surface area contributed by atoms with E-state index in [4.69, 9.17) is 0 Å². The van der Waals surface area contributed by atoms with Gasteiger partial charge < -0.3 is 5.32 Å². The molecule has 5 heteroatoms. The molecule has 0 atom stereocenters. The molecule has 0 aromatic carbocycles. The predicted octanol–water partition coefficient (Wildman–Crippen LogP) is 1.52. The van der Waals surface area contributed by atoms with Gasteiger partial charge in [-0.1, -0.05) is 6.92 Å². The van der Waals surface area contributed by atoms with E-state index >= 15 is 0 Å². The Kier molecular flexibility index (Phi) is 2.62. The average Bonchev–Trinajstić information content (AvgIpc) is 2.64. The molecule has 2 rings (SSSR count). The Balaban J connectivity index is 2.16. The second-order valence-electron chi connectivity index (χ2n) is 3.28. The van der Waals surface area contributed by atoms with Crippen LogP contribution in [0.25, 0.3) is 0 Å². The number of aromatic nitrogens is 4. The lowest BCUT2D eigenvalue weighted by Gasteiger charge is -2.02. The van der Waals surface area contributed by atoms with Crippen molar-refractivity contribution in [2.75, 3.05) is 5.32 Å². The van der Waals surface area contributed by atoms with Gasteiger partial charge in [0.05, 0.1) is 11.9 Å². The molecule has 2 aromatic rings. The summed E-state index contributed by atoms with van der Waals surface area (Å²) in [7, 11) is 1.88. The fourth-order valence-electron chi connectivity index (χ4n) is 1.29. The molecule has 2 aromatic heterocycles. The number of nitrogens with one attached hydrogen (secondary N) is 1. The molecule has 0 aliphatic heterocycles. The number of hydrogen-bond acceptors (Lipinski definition) is 4. The molecule has 0 bridgehead atoms. The smallest absolute Gasteiger partial charge is 0.134 e. The fraction of sp³-hybridized carbons (Fsp3) is 0.300. The van der Waals surface area contributed by atoms with Crippen LogP contribution in [0.3, 0.4) is 0 Å². The van der Waals surface area contributed by atoms with Crippen molar-refractivity contribution >= 4 is 11.5 Å². The van der Waals surface area contributed by atoms with Gasteiger partial charge in [-0.25, -0.2) is 9.97 Å². The molecule has 0 saturated heterocycles. The van der Waals surface area contributed by atoms with Crippen LogP contribution < -0.4 is 5.32 Å². The molecule has 78 valence electrons. The maximum Gasteiger partial charge on any atom is 0.134 e. The van der Waals surface area contributed by atoms with Crippen LogP contribution in [-0.2, 0) is 13.5 Å². The van der Waals surface area contributed by atoms with E-state index in [2.05, 4.69) is 27.3 Å². The second kappa shape index (κ2) is 4.08. The van der Waals surface area contributed by atoms with Crippen LogP contribution in [0.15, 0.2) is 24.8 Å². The van der Waals surface area contributed by atoms with E-state index < -0.39 is 0 Å². The van der Waals surface area contributed by atoms with Crippen molar-refractivity contribution in [1.29, 1.82) is 0 Å². The maximum absolute atomic E-state index is 4.13. The number of rotatable bonds is 3. The van der Waals surface area contributed by atoms with E-state index in [0.29, 0.717) is 0 Å². The van der Waals surface area contributed by atoms with Gasteiger partial charge in [-0.3, -0.25) is 4.68 Å². The molecule has 5 nitrogen and oxygen atoms in total. The van der Waals surface area contributed by atoms with Crippen molar-refractivity contribution in [2.24, 2.45) is 7.05 Å². The minimum atomic E-state index is 0.801. The molecule has 2 heterocycles. The highest BCUT2D eigenvalue weighted by Gasteiger charge is 1.99. The number of hydrogen-bond donors (Lipinski definition) is 1. The minimum absolute atomic E-state index is 0.801. The summed E-state index contributed by atoms with van der Waals surface area (Å²) in [5.41, 5.74) is 1.95. The van der Waals surface area contributed by atoms with Gasteiger partial charge in [-0.15, -0.1) is 0 Å². The fourth-order valence-corrected chi connectivity index (χ4v) is 1.29. The zero-order valence-electron chi connectivity index (χ0n) is 8.81. The Morgan fingerprint density at radius 3 is 2.93 bits per heavy atom. The Hall–Kier alpha value is -1.91. The third-order valence-corrected chi connectivity index (χ3v) is 2.06. The highest BCUT2D eigenvalue weighted by atomic mass is 15.3. The maximum atomic E-state index is 4.13. The molecule has 1 N–H and O–H groups in total. The molecule has 0 unspecified atom stereocenters. The first kappa shape index (κ1) is 9.64. The summed E-state index contributed by atoms with van der Waals surface area (Å²) in [5, 5.41) is 7.23. The molecule has 0 spiro atoms. The second-order valence-corrected chi connectivity index (χ2v) is 3.28. The summed E-state index contributed by atoms with van der Waals surface area (Å²) in [6, 6.07) is 1.94. The van der Waals surface area contributed by atoms with Crippen molar-refractivity contribution in [3.05, 3.63) is 30.5 Å². The van der Waals surface area contributed by atoms with E-state index in [9.17, 15) is 0 Å². The first-order chi connectivity index (χ1) is 7.28. The van der Waals surface area contributed by atoms with Gasteiger partial charge in [-0.2, -0.15) is 5.10 Å². The number of anilines is 2. The van der Waals surface area contributed by atoms with E-state index in [0.717, 1.165) is 23.6 Å². The van der Waals surface area contributed by atoms with Crippen molar-refractivity contribution in [1.82, 2.24) is 19.7 Å².